The Morgan fingerprint density at radius 3 is 2.71 bits per heavy atom. The minimum absolute atomic E-state index is 0.0555. The standard InChI is InChI=1S/C22H13BrClN3O5S2/c1-11-2-5-15(17(24)8-11)20(28)25-26-21(29)19(34-22(26)33)10-13-4-7-18(32-13)14-6-3-12(27(30)31)9-16(14)23/h2-10H,1H3,(H,25,28)/b19-10+. The van der Waals surface area contributed by atoms with Gasteiger partial charge in [-0.3, -0.25) is 25.1 Å². The Kier molecular flexibility index (Phi) is 6.89. The van der Waals surface area contributed by atoms with E-state index in [1.807, 2.05) is 6.92 Å². The average Bonchev–Trinajstić information content (AvgIpc) is 3.33. The number of nitro groups is 1. The maximum atomic E-state index is 12.8. The predicted molar refractivity (Wildman–Crippen MR) is 137 cm³/mol. The molecule has 0 spiro atoms. The molecule has 1 fully saturated rings. The third-order valence-corrected chi connectivity index (χ3v) is 6.98. The zero-order valence-electron chi connectivity index (χ0n) is 17.2. The molecule has 1 saturated heterocycles. The van der Waals surface area contributed by atoms with Crippen LogP contribution in [0.15, 0.2) is 62.3 Å². The van der Waals surface area contributed by atoms with E-state index >= 15 is 0 Å². The molecule has 1 aromatic heterocycles. The second-order valence-electron chi connectivity index (χ2n) is 7.06. The molecule has 0 aliphatic carbocycles. The summed E-state index contributed by atoms with van der Waals surface area (Å²) in [6.07, 6.45) is 1.51. The molecule has 1 aliphatic heterocycles. The highest BCUT2D eigenvalue weighted by atomic mass is 79.9. The molecular weight excluding hydrogens is 566 g/mol. The van der Waals surface area contributed by atoms with Crippen LogP contribution in [0.2, 0.25) is 5.02 Å². The van der Waals surface area contributed by atoms with Crippen LogP contribution in [0.4, 0.5) is 5.69 Å². The van der Waals surface area contributed by atoms with Gasteiger partial charge in [-0.1, -0.05) is 29.4 Å². The molecule has 2 amide bonds. The minimum Gasteiger partial charge on any atom is -0.457 e. The quantitative estimate of drug-likeness (QED) is 0.168. The number of nitrogens with one attached hydrogen (secondary N) is 1. The number of nitrogens with zero attached hydrogens (tertiary/aromatic N) is 2. The molecule has 1 aliphatic rings. The maximum absolute atomic E-state index is 12.8. The lowest BCUT2D eigenvalue weighted by Crippen LogP contribution is -2.44. The van der Waals surface area contributed by atoms with Crippen molar-refractivity contribution in [3.8, 4) is 11.3 Å². The van der Waals surface area contributed by atoms with E-state index in [-0.39, 0.29) is 25.5 Å². The number of aryl methyl sites for hydroxylation is 1. The summed E-state index contributed by atoms with van der Waals surface area (Å²) in [5, 5.41) is 12.2. The second kappa shape index (κ2) is 9.71. The summed E-state index contributed by atoms with van der Waals surface area (Å²) in [4.78, 5) is 36.1. The number of amides is 2. The summed E-state index contributed by atoms with van der Waals surface area (Å²) >= 11 is 15.7. The molecule has 1 N–H and O–H groups in total. The predicted octanol–water partition coefficient (Wildman–Crippen LogP) is 6.13. The number of carbonyl (C=O) groups is 2. The van der Waals surface area contributed by atoms with Crippen LogP contribution in [0, 0.1) is 17.0 Å². The topological polar surface area (TPSA) is 106 Å². The van der Waals surface area contributed by atoms with Crippen molar-refractivity contribution >= 4 is 79.4 Å². The van der Waals surface area contributed by atoms with Crippen LogP contribution in [-0.4, -0.2) is 26.1 Å². The number of rotatable bonds is 5. The van der Waals surface area contributed by atoms with Crippen molar-refractivity contribution in [2.75, 3.05) is 0 Å². The molecule has 0 atom stereocenters. The van der Waals surface area contributed by atoms with Crippen molar-refractivity contribution in [2.24, 2.45) is 0 Å². The van der Waals surface area contributed by atoms with Gasteiger partial charge in [0.1, 0.15) is 11.5 Å². The molecule has 8 nitrogen and oxygen atoms in total. The third kappa shape index (κ3) is 4.92. The Morgan fingerprint density at radius 2 is 2.03 bits per heavy atom. The third-order valence-electron chi connectivity index (χ3n) is 4.71. The van der Waals surface area contributed by atoms with Gasteiger partial charge in [0.05, 0.1) is 20.4 Å². The lowest BCUT2D eigenvalue weighted by molar-refractivity contribution is -0.384. The fraction of sp³-hybridized carbons (Fsp3) is 0.0455. The number of benzene rings is 2. The molecule has 0 unspecified atom stereocenters. The van der Waals surface area contributed by atoms with Crippen molar-refractivity contribution in [2.45, 2.75) is 6.92 Å². The number of hydrogen-bond donors (Lipinski definition) is 1. The van der Waals surface area contributed by atoms with Crippen LogP contribution < -0.4 is 5.43 Å². The second-order valence-corrected chi connectivity index (χ2v) is 10.0. The Hall–Kier alpha value is -2.99. The van der Waals surface area contributed by atoms with Crippen molar-refractivity contribution in [1.29, 1.82) is 0 Å². The van der Waals surface area contributed by atoms with E-state index in [1.54, 1.807) is 36.4 Å². The summed E-state index contributed by atoms with van der Waals surface area (Å²) < 4.78 is 6.44. The highest BCUT2D eigenvalue weighted by Gasteiger charge is 2.34. The van der Waals surface area contributed by atoms with Gasteiger partial charge in [0, 0.05) is 28.2 Å². The molecule has 2 heterocycles. The van der Waals surface area contributed by atoms with E-state index in [0.717, 1.165) is 22.3 Å². The SMILES string of the molecule is Cc1ccc(C(=O)NN2C(=O)/C(=C\c3ccc(-c4ccc([N+](=O)[O-])cc4Br)o3)SC2=S)c(Cl)c1. The van der Waals surface area contributed by atoms with Crippen LogP contribution >= 0.6 is 51.5 Å². The first-order valence-corrected chi connectivity index (χ1v) is 11.9. The molecular formula is C22H13BrClN3O5S2. The molecule has 3 aromatic rings. The summed E-state index contributed by atoms with van der Waals surface area (Å²) in [6, 6.07) is 12.6. The van der Waals surface area contributed by atoms with E-state index in [2.05, 4.69) is 21.4 Å². The van der Waals surface area contributed by atoms with Gasteiger partial charge in [-0.05, 0) is 71.0 Å². The van der Waals surface area contributed by atoms with E-state index in [1.165, 1.54) is 18.2 Å². The number of furan rings is 1. The van der Waals surface area contributed by atoms with Crippen LogP contribution in [0.1, 0.15) is 21.7 Å². The zero-order chi connectivity index (χ0) is 24.6. The lowest BCUT2D eigenvalue weighted by atomic mass is 10.1. The molecule has 0 bridgehead atoms. The Morgan fingerprint density at radius 1 is 1.26 bits per heavy atom. The number of thiocarbonyl (C=S) groups is 1. The van der Waals surface area contributed by atoms with Gasteiger partial charge in [-0.2, -0.15) is 5.01 Å². The van der Waals surface area contributed by atoms with Gasteiger partial charge in [-0.25, -0.2) is 0 Å². The summed E-state index contributed by atoms with van der Waals surface area (Å²) in [5.74, 6) is -0.258. The zero-order valence-corrected chi connectivity index (χ0v) is 21.2. The Labute approximate surface area is 216 Å². The first-order chi connectivity index (χ1) is 16.1. The van der Waals surface area contributed by atoms with Gasteiger partial charge in [0.2, 0.25) is 0 Å². The normalized spacial score (nSPS) is 14.7. The smallest absolute Gasteiger partial charge is 0.285 e. The highest BCUT2D eigenvalue weighted by molar-refractivity contribution is 9.10. The van der Waals surface area contributed by atoms with Crippen LogP contribution in [-0.2, 0) is 4.79 Å². The summed E-state index contributed by atoms with van der Waals surface area (Å²) in [7, 11) is 0. The maximum Gasteiger partial charge on any atom is 0.285 e. The molecule has 12 heteroatoms. The fourth-order valence-corrected chi connectivity index (χ4v) is 5.09. The monoisotopic (exact) mass is 577 g/mol. The first kappa shape index (κ1) is 24.1. The van der Waals surface area contributed by atoms with E-state index < -0.39 is 16.7 Å². The van der Waals surface area contributed by atoms with Crippen LogP contribution in [0.5, 0.6) is 0 Å². The number of nitro benzene ring substituents is 1. The van der Waals surface area contributed by atoms with Crippen molar-refractivity contribution in [1.82, 2.24) is 10.4 Å². The number of thioether (sulfide) groups is 1. The van der Waals surface area contributed by atoms with Crippen molar-refractivity contribution in [3.05, 3.63) is 89.9 Å². The molecule has 4 rings (SSSR count). The fourth-order valence-electron chi connectivity index (χ4n) is 3.05. The molecule has 2 aromatic carbocycles. The van der Waals surface area contributed by atoms with E-state index in [0.29, 0.717) is 21.6 Å². The van der Waals surface area contributed by atoms with Crippen LogP contribution in [0.3, 0.4) is 0 Å². The van der Waals surface area contributed by atoms with Gasteiger partial charge in [0.25, 0.3) is 17.5 Å². The van der Waals surface area contributed by atoms with E-state index in [4.69, 9.17) is 28.2 Å². The summed E-state index contributed by atoms with van der Waals surface area (Å²) in [6.45, 7) is 1.85. The first-order valence-electron chi connectivity index (χ1n) is 9.53. The van der Waals surface area contributed by atoms with Gasteiger partial charge >= 0.3 is 0 Å². The van der Waals surface area contributed by atoms with Gasteiger partial charge in [-0.15, -0.1) is 0 Å². The van der Waals surface area contributed by atoms with Crippen molar-refractivity contribution in [3.63, 3.8) is 0 Å². The number of hydrogen-bond acceptors (Lipinski definition) is 7. The van der Waals surface area contributed by atoms with Gasteiger partial charge < -0.3 is 4.42 Å². The molecule has 172 valence electrons. The number of halogens is 2. The van der Waals surface area contributed by atoms with Crippen molar-refractivity contribution < 1.29 is 18.9 Å². The summed E-state index contributed by atoms with van der Waals surface area (Å²) in [5.41, 5.74) is 4.16. The average molecular weight is 579 g/mol. The van der Waals surface area contributed by atoms with Crippen LogP contribution in [0.25, 0.3) is 17.4 Å². The lowest BCUT2D eigenvalue weighted by Gasteiger charge is -2.16. The molecule has 0 saturated carbocycles. The van der Waals surface area contributed by atoms with Gasteiger partial charge in [0.15, 0.2) is 4.32 Å². The molecule has 34 heavy (non-hydrogen) atoms. The Bertz CT molecular complexity index is 1400. The molecule has 0 radical (unpaired) electrons. The Balaban J connectivity index is 1.52. The largest absolute Gasteiger partial charge is 0.457 e. The number of non-ortho nitro benzene ring substituents is 1. The van der Waals surface area contributed by atoms with E-state index in [9.17, 15) is 19.7 Å². The number of carbonyl (C=O) groups excluding carboxylic acids is 2. The number of hydrazine groups is 1. The minimum atomic E-state index is -0.564. The highest BCUT2D eigenvalue weighted by Crippen LogP contribution is 2.35.